The minimum atomic E-state index is -0.794. The topological polar surface area (TPSA) is 107 Å². The third-order valence-corrected chi connectivity index (χ3v) is 4.21. The van der Waals surface area contributed by atoms with Crippen LogP contribution in [0.15, 0.2) is 36.4 Å². The third kappa shape index (κ3) is 4.23. The van der Waals surface area contributed by atoms with E-state index in [0.29, 0.717) is 10.6 Å². The fraction of sp³-hybridized carbons (Fsp3) is 0.133. The highest BCUT2D eigenvalue weighted by Crippen LogP contribution is 2.27. The van der Waals surface area contributed by atoms with E-state index < -0.39 is 27.1 Å². The van der Waals surface area contributed by atoms with E-state index in [4.69, 9.17) is 23.2 Å². The Kier molecular flexibility index (Phi) is 5.55. The number of nitro benzene ring substituents is 2. The van der Waals surface area contributed by atoms with Gasteiger partial charge in [0.15, 0.2) is 0 Å². The van der Waals surface area contributed by atoms with Crippen LogP contribution in [-0.4, -0.2) is 27.7 Å². The predicted octanol–water partition coefficient (Wildman–Crippen LogP) is 4.08. The summed E-state index contributed by atoms with van der Waals surface area (Å²) in [5.41, 5.74) is -0.662. The molecule has 0 N–H and O–H groups in total. The molecule has 2 aromatic rings. The van der Waals surface area contributed by atoms with Crippen LogP contribution in [-0.2, 0) is 6.54 Å². The van der Waals surface area contributed by atoms with E-state index in [1.165, 1.54) is 11.9 Å². The van der Waals surface area contributed by atoms with Crippen LogP contribution in [0.2, 0.25) is 10.0 Å². The molecule has 0 saturated carbocycles. The number of nitro groups is 2. The van der Waals surface area contributed by atoms with Gasteiger partial charge in [0.1, 0.15) is 0 Å². The molecule has 2 rings (SSSR count). The Morgan fingerprint density at radius 2 is 1.64 bits per heavy atom. The van der Waals surface area contributed by atoms with Gasteiger partial charge in [0.2, 0.25) is 0 Å². The van der Waals surface area contributed by atoms with Crippen molar-refractivity contribution >= 4 is 40.5 Å². The molecule has 0 saturated heterocycles. The quantitative estimate of drug-likeness (QED) is 0.570. The Morgan fingerprint density at radius 1 is 1.08 bits per heavy atom. The van der Waals surface area contributed by atoms with Crippen molar-refractivity contribution in [3.63, 3.8) is 0 Å². The first-order valence-electron chi connectivity index (χ1n) is 6.83. The summed E-state index contributed by atoms with van der Waals surface area (Å²) in [6.45, 7) is 0.0781. The molecule has 0 heterocycles. The van der Waals surface area contributed by atoms with Gasteiger partial charge in [0.05, 0.1) is 31.5 Å². The van der Waals surface area contributed by atoms with E-state index in [-0.39, 0.29) is 17.1 Å². The standard InChI is InChI=1S/C15H11Cl2N3O5/c1-18(8-9-3-2-4-13(16)14(9)17)15(21)10-5-11(19(22)23)7-12(6-10)20(24)25/h2-7H,8H2,1H3. The molecule has 0 unspecified atom stereocenters. The number of non-ortho nitro benzene ring substituents is 2. The summed E-state index contributed by atoms with van der Waals surface area (Å²) in [7, 11) is 1.45. The van der Waals surface area contributed by atoms with Gasteiger partial charge in [-0.05, 0) is 11.6 Å². The Morgan fingerprint density at radius 3 is 2.16 bits per heavy atom. The maximum atomic E-state index is 12.5. The maximum absolute atomic E-state index is 12.5. The van der Waals surface area contributed by atoms with Crippen molar-refractivity contribution in [3.8, 4) is 0 Å². The fourth-order valence-electron chi connectivity index (χ4n) is 2.15. The van der Waals surface area contributed by atoms with Crippen LogP contribution in [0.5, 0.6) is 0 Å². The Balaban J connectivity index is 2.34. The summed E-state index contributed by atoms with van der Waals surface area (Å²) in [5.74, 6) is -0.622. The van der Waals surface area contributed by atoms with Crippen molar-refractivity contribution in [3.05, 3.63) is 77.8 Å². The van der Waals surface area contributed by atoms with E-state index in [1.54, 1.807) is 18.2 Å². The number of benzene rings is 2. The van der Waals surface area contributed by atoms with E-state index in [2.05, 4.69) is 0 Å². The number of nitrogens with zero attached hydrogens (tertiary/aromatic N) is 3. The Labute approximate surface area is 151 Å². The molecule has 0 spiro atoms. The van der Waals surface area contributed by atoms with Crippen molar-refractivity contribution in [2.24, 2.45) is 0 Å². The molecule has 0 bridgehead atoms. The van der Waals surface area contributed by atoms with E-state index >= 15 is 0 Å². The molecule has 2 aromatic carbocycles. The SMILES string of the molecule is CN(Cc1cccc(Cl)c1Cl)C(=O)c1cc([N+](=O)[O-])cc([N+](=O)[O-])c1. The van der Waals surface area contributed by atoms with Gasteiger partial charge >= 0.3 is 0 Å². The molecule has 25 heavy (non-hydrogen) atoms. The van der Waals surface area contributed by atoms with Gasteiger partial charge in [0, 0.05) is 25.7 Å². The molecule has 0 aliphatic heterocycles. The van der Waals surface area contributed by atoms with Crippen LogP contribution in [0.4, 0.5) is 11.4 Å². The lowest BCUT2D eigenvalue weighted by Gasteiger charge is -2.18. The summed E-state index contributed by atoms with van der Waals surface area (Å²) in [5, 5.41) is 22.5. The summed E-state index contributed by atoms with van der Waals surface area (Å²) in [4.78, 5) is 34.0. The number of rotatable bonds is 5. The Bertz CT molecular complexity index is 840. The van der Waals surface area contributed by atoms with Crippen LogP contribution in [0.25, 0.3) is 0 Å². The number of hydrogen-bond donors (Lipinski definition) is 0. The lowest BCUT2D eigenvalue weighted by atomic mass is 10.1. The number of halogens is 2. The van der Waals surface area contributed by atoms with Gasteiger partial charge in [-0.3, -0.25) is 25.0 Å². The second-order valence-electron chi connectivity index (χ2n) is 5.13. The van der Waals surface area contributed by atoms with Gasteiger partial charge < -0.3 is 4.90 Å². The summed E-state index contributed by atoms with van der Waals surface area (Å²) < 4.78 is 0. The van der Waals surface area contributed by atoms with Crippen molar-refractivity contribution in [2.45, 2.75) is 6.54 Å². The monoisotopic (exact) mass is 383 g/mol. The highest BCUT2D eigenvalue weighted by atomic mass is 35.5. The van der Waals surface area contributed by atoms with E-state index in [9.17, 15) is 25.0 Å². The molecule has 130 valence electrons. The number of carbonyl (C=O) groups excluding carboxylic acids is 1. The summed E-state index contributed by atoms with van der Waals surface area (Å²) in [6.07, 6.45) is 0. The minimum Gasteiger partial charge on any atom is -0.337 e. The van der Waals surface area contributed by atoms with Gasteiger partial charge in [-0.2, -0.15) is 0 Å². The average Bonchev–Trinajstić information content (AvgIpc) is 2.57. The fourth-order valence-corrected chi connectivity index (χ4v) is 2.53. The molecule has 0 fully saturated rings. The maximum Gasteiger partial charge on any atom is 0.277 e. The van der Waals surface area contributed by atoms with Crippen molar-refractivity contribution in [1.82, 2.24) is 4.90 Å². The van der Waals surface area contributed by atoms with Crippen LogP contribution >= 0.6 is 23.2 Å². The molecule has 10 heteroatoms. The molecular formula is C15H11Cl2N3O5. The molecule has 0 radical (unpaired) electrons. The second kappa shape index (κ2) is 7.45. The molecular weight excluding hydrogens is 373 g/mol. The van der Waals surface area contributed by atoms with Crippen molar-refractivity contribution in [1.29, 1.82) is 0 Å². The molecule has 0 aliphatic carbocycles. The lowest BCUT2D eigenvalue weighted by molar-refractivity contribution is -0.394. The smallest absolute Gasteiger partial charge is 0.277 e. The molecule has 8 nitrogen and oxygen atoms in total. The molecule has 0 aliphatic rings. The lowest BCUT2D eigenvalue weighted by Crippen LogP contribution is -2.26. The predicted molar refractivity (Wildman–Crippen MR) is 92.0 cm³/mol. The second-order valence-corrected chi connectivity index (χ2v) is 5.91. The highest BCUT2D eigenvalue weighted by molar-refractivity contribution is 6.42. The zero-order chi connectivity index (χ0) is 18.7. The molecule has 1 amide bonds. The van der Waals surface area contributed by atoms with Gasteiger partial charge in [-0.25, -0.2) is 0 Å². The summed E-state index contributed by atoms with van der Waals surface area (Å²) >= 11 is 12.0. The molecule has 0 atom stereocenters. The number of carbonyl (C=O) groups is 1. The first kappa shape index (κ1) is 18.6. The van der Waals surface area contributed by atoms with Gasteiger partial charge in [-0.1, -0.05) is 35.3 Å². The normalized spacial score (nSPS) is 10.4. The Hall–Kier alpha value is -2.71. The highest BCUT2D eigenvalue weighted by Gasteiger charge is 2.22. The van der Waals surface area contributed by atoms with Gasteiger partial charge in [0.25, 0.3) is 17.3 Å². The zero-order valence-electron chi connectivity index (χ0n) is 12.8. The largest absolute Gasteiger partial charge is 0.337 e. The van der Waals surface area contributed by atoms with Crippen molar-refractivity contribution < 1.29 is 14.6 Å². The number of hydrogen-bond acceptors (Lipinski definition) is 5. The first-order valence-corrected chi connectivity index (χ1v) is 7.58. The first-order chi connectivity index (χ1) is 11.7. The van der Waals surface area contributed by atoms with Crippen LogP contribution in [0.3, 0.4) is 0 Å². The average molecular weight is 384 g/mol. The van der Waals surface area contributed by atoms with E-state index in [0.717, 1.165) is 18.2 Å². The summed E-state index contributed by atoms with van der Waals surface area (Å²) in [6, 6.07) is 7.72. The van der Waals surface area contributed by atoms with Crippen LogP contribution < -0.4 is 0 Å². The van der Waals surface area contributed by atoms with Crippen molar-refractivity contribution in [2.75, 3.05) is 7.05 Å². The third-order valence-electron chi connectivity index (χ3n) is 3.36. The molecule has 0 aromatic heterocycles. The minimum absolute atomic E-state index is 0.0781. The number of amides is 1. The van der Waals surface area contributed by atoms with E-state index in [1.807, 2.05) is 0 Å². The van der Waals surface area contributed by atoms with Crippen LogP contribution in [0.1, 0.15) is 15.9 Å². The van der Waals surface area contributed by atoms with Crippen LogP contribution in [0, 0.1) is 20.2 Å². The van der Waals surface area contributed by atoms with Gasteiger partial charge in [-0.15, -0.1) is 0 Å². The zero-order valence-corrected chi connectivity index (χ0v) is 14.3.